The molecule has 1 aromatic heterocycles. The lowest BCUT2D eigenvalue weighted by Crippen LogP contribution is -2.18. The van der Waals surface area contributed by atoms with Crippen LogP contribution in [0, 0.1) is 0 Å². The van der Waals surface area contributed by atoms with Crippen LogP contribution in [0.5, 0.6) is 11.5 Å². The molecule has 0 saturated heterocycles. The van der Waals surface area contributed by atoms with E-state index in [1.807, 2.05) is 60.5 Å². The maximum absolute atomic E-state index is 5.43. The van der Waals surface area contributed by atoms with E-state index in [1.165, 1.54) is 0 Å². The molecule has 0 amide bonds. The average Bonchev–Trinajstić information content (AvgIpc) is 3.13. The molecule has 0 aliphatic carbocycles. The zero-order valence-corrected chi connectivity index (χ0v) is 13.9. The zero-order chi connectivity index (χ0) is 16.9. The molecular formula is C18H19N3O3. The van der Waals surface area contributed by atoms with E-state index >= 15 is 0 Å². The van der Waals surface area contributed by atoms with Crippen LogP contribution in [-0.4, -0.2) is 31.4 Å². The minimum absolute atomic E-state index is 0.499. The molecule has 24 heavy (non-hydrogen) atoms. The second kappa shape index (κ2) is 7.04. The third kappa shape index (κ3) is 3.32. The third-order valence-corrected chi connectivity index (χ3v) is 3.68. The Morgan fingerprint density at radius 1 is 1.04 bits per heavy atom. The number of hydrogen-bond acceptors (Lipinski definition) is 6. The molecule has 6 heteroatoms. The molecule has 0 atom stereocenters. The Hall–Kier alpha value is -3.02. The smallest absolute Gasteiger partial charge is 0.266 e. The van der Waals surface area contributed by atoms with Crippen molar-refractivity contribution in [3.05, 3.63) is 54.1 Å². The van der Waals surface area contributed by atoms with E-state index in [1.54, 1.807) is 14.2 Å². The minimum atomic E-state index is 0.499. The maximum Gasteiger partial charge on any atom is 0.266 e. The molecule has 2 aromatic carbocycles. The van der Waals surface area contributed by atoms with Crippen LogP contribution in [0.1, 0.15) is 5.56 Å². The molecule has 0 N–H and O–H groups in total. The number of benzene rings is 2. The Kier molecular flexibility index (Phi) is 4.65. The van der Waals surface area contributed by atoms with Crippen LogP contribution < -0.4 is 14.4 Å². The highest BCUT2D eigenvalue weighted by molar-refractivity contribution is 5.54. The van der Waals surface area contributed by atoms with Gasteiger partial charge in [0.1, 0.15) is 11.5 Å². The van der Waals surface area contributed by atoms with Crippen LogP contribution in [0.3, 0.4) is 0 Å². The summed E-state index contributed by atoms with van der Waals surface area (Å²) in [6.07, 6.45) is 0. The topological polar surface area (TPSA) is 60.6 Å². The minimum Gasteiger partial charge on any atom is -0.497 e. The number of anilines is 1. The molecule has 0 aliphatic rings. The molecule has 3 rings (SSSR count). The van der Waals surface area contributed by atoms with Crippen molar-refractivity contribution in [2.24, 2.45) is 0 Å². The van der Waals surface area contributed by atoms with Crippen molar-refractivity contribution in [2.75, 3.05) is 26.2 Å². The standard InChI is InChI=1S/C18H19N3O3/c1-21(12-14-9-10-15(22-2)11-16(14)23-3)18-19-17(24-20-18)13-7-5-4-6-8-13/h4-11H,12H2,1-3H3. The van der Waals surface area contributed by atoms with Crippen molar-refractivity contribution in [2.45, 2.75) is 6.54 Å². The molecule has 0 unspecified atom stereocenters. The quantitative estimate of drug-likeness (QED) is 0.692. The van der Waals surface area contributed by atoms with Gasteiger partial charge in [0.25, 0.3) is 11.8 Å². The van der Waals surface area contributed by atoms with Crippen molar-refractivity contribution >= 4 is 5.95 Å². The third-order valence-electron chi connectivity index (χ3n) is 3.68. The Morgan fingerprint density at radius 2 is 1.83 bits per heavy atom. The van der Waals surface area contributed by atoms with Gasteiger partial charge in [0.15, 0.2) is 0 Å². The molecule has 0 fully saturated rings. The Labute approximate surface area is 140 Å². The lowest BCUT2D eigenvalue weighted by molar-refractivity contribution is 0.390. The van der Waals surface area contributed by atoms with Crippen LogP contribution in [0.25, 0.3) is 11.5 Å². The van der Waals surface area contributed by atoms with Gasteiger partial charge in [-0.25, -0.2) is 0 Å². The van der Waals surface area contributed by atoms with E-state index in [-0.39, 0.29) is 0 Å². The highest BCUT2D eigenvalue weighted by Gasteiger charge is 2.14. The number of aromatic nitrogens is 2. The SMILES string of the molecule is COc1ccc(CN(C)c2noc(-c3ccccc3)n2)c(OC)c1. The van der Waals surface area contributed by atoms with Crippen LogP contribution in [0.2, 0.25) is 0 Å². The monoisotopic (exact) mass is 325 g/mol. The van der Waals surface area contributed by atoms with Gasteiger partial charge in [0.05, 0.1) is 14.2 Å². The predicted molar refractivity (Wildman–Crippen MR) is 91.4 cm³/mol. The summed E-state index contributed by atoms with van der Waals surface area (Å²) in [6, 6.07) is 15.4. The maximum atomic E-state index is 5.43. The molecule has 1 heterocycles. The number of methoxy groups -OCH3 is 2. The number of hydrogen-bond donors (Lipinski definition) is 0. The van der Waals surface area contributed by atoms with Gasteiger partial charge in [-0.05, 0) is 29.4 Å². The van der Waals surface area contributed by atoms with Crippen LogP contribution in [0.4, 0.5) is 5.95 Å². The molecule has 3 aromatic rings. The summed E-state index contributed by atoms with van der Waals surface area (Å²) in [5.74, 6) is 2.53. The van der Waals surface area contributed by atoms with Crippen molar-refractivity contribution in [3.8, 4) is 23.0 Å². The summed E-state index contributed by atoms with van der Waals surface area (Å²) in [6.45, 7) is 0.584. The van der Waals surface area contributed by atoms with Crippen molar-refractivity contribution in [3.63, 3.8) is 0 Å². The summed E-state index contributed by atoms with van der Waals surface area (Å²) >= 11 is 0. The summed E-state index contributed by atoms with van der Waals surface area (Å²) in [5, 5.41) is 4.05. The first kappa shape index (κ1) is 15.9. The second-order valence-electron chi connectivity index (χ2n) is 5.30. The number of nitrogens with zero attached hydrogens (tertiary/aromatic N) is 3. The van der Waals surface area contributed by atoms with Gasteiger partial charge in [0, 0.05) is 30.8 Å². The fraction of sp³-hybridized carbons (Fsp3) is 0.222. The lowest BCUT2D eigenvalue weighted by Gasteiger charge is -2.17. The van der Waals surface area contributed by atoms with Gasteiger partial charge in [-0.15, -0.1) is 0 Å². The fourth-order valence-electron chi connectivity index (χ4n) is 2.38. The second-order valence-corrected chi connectivity index (χ2v) is 5.30. The van der Waals surface area contributed by atoms with E-state index in [2.05, 4.69) is 10.1 Å². The number of ether oxygens (including phenoxy) is 2. The average molecular weight is 325 g/mol. The highest BCUT2D eigenvalue weighted by atomic mass is 16.5. The van der Waals surface area contributed by atoms with Gasteiger partial charge < -0.3 is 18.9 Å². The summed E-state index contributed by atoms with van der Waals surface area (Å²) in [4.78, 5) is 6.35. The summed E-state index contributed by atoms with van der Waals surface area (Å²) < 4.78 is 16.0. The predicted octanol–water partition coefficient (Wildman–Crippen LogP) is 3.39. The molecule has 0 spiro atoms. The van der Waals surface area contributed by atoms with E-state index in [9.17, 15) is 0 Å². The first-order valence-corrected chi connectivity index (χ1v) is 7.52. The fourth-order valence-corrected chi connectivity index (χ4v) is 2.38. The molecule has 0 saturated carbocycles. The van der Waals surface area contributed by atoms with Gasteiger partial charge in [-0.3, -0.25) is 0 Å². The summed E-state index contributed by atoms with van der Waals surface area (Å²) in [7, 11) is 5.18. The molecule has 6 nitrogen and oxygen atoms in total. The molecule has 0 bridgehead atoms. The van der Waals surface area contributed by atoms with Crippen LogP contribution >= 0.6 is 0 Å². The van der Waals surface area contributed by atoms with Crippen LogP contribution in [0.15, 0.2) is 53.1 Å². The number of rotatable bonds is 6. The van der Waals surface area contributed by atoms with Crippen molar-refractivity contribution in [1.29, 1.82) is 0 Å². The summed E-state index contributed by atoms with van der Waals surface area (Å²) in [5.41, 5.74) is 1.90. The largest absolute Gasteiger partial charge is 0.497 e. The van der Waals surface area contributed by atoms with E-state index in [4.69, 9.17) is 14.0 Å². The lowest BCUT2D eigenvalue weighted by atomic mass is 10.2. The Morgan fingerprint density at radius 3 is 2.54 bits per heavy atom. The van der Waals surface area contributed by atoms with Gasteiger partial charge in [0.2, 0.25) is 0 Å². The van der Waals surface area contributed by atoms with E-state index < -0.39 is 0 Å². The first-order valence-electron chi connectivity index (χ1n) is 7.52. The zero-order valence-electron chi connectivity index (χ0n) is 13.9. The molecule has 0 aliphatic heterocycles. The van der Waals surface area contributed by atoms with E-state index in [0.29, 0.717) is 18.4 Å². The van der Waals surface area contributed by atoms with Gasteiger partial charge >= 0.3 is 0 Å². The van der Waals surface area contributed by atoms with Gasteiger partial charge in [-0.2, -0.15) is 4.98 Å². The normalized spacial score (nSPS) is 10.5. The highest BCUT2D eigenvalue weighted by Crippen LogP contribution is 2.27. The van der Waals surface area contributed by atoms with Crippen molar-refractivity contribution in [1.82, 2.24) is 10.1 Å². The van der Waals surface area contributed by atoms with E-state index in [0.717, 1.165) is 22.6 Å². The Bertz CT molecular complexity index is 802. The van der Waals surface area contributed by atoms with Crippen molar-refractivity contribution < 1.29 is 14.0 Å². The van der Waals surface area contributed by atoms with Crippen LogP contribution in [-0.2, 0) is 6.54 Å². The molecule has 124 valence electrons. The molecule has 0 radical (unpaired) electrons. The molecular weight excluding hydrogens is 306 g/mol. The van der Waals surface area contributed by atoms with Gasteiger partial charge in [-0.1, -0.05) is 18.2 Å². The first-order chi connectivity index (χ1) is 11.7. The Balaban J connectivity index is 1.78.